The SMILES string of the molecule is C=CC1=CC(C(N=C)=NC(=NCCl)C2=CC=CCC2)=CCC1C1=C(C)CCC=C1c1ccc(-c2ccccc2)cc1. The first-order chi connectivity index (χ1) is 20.1. The molecule has 2 aromatic carbocycles. The lowest BCUT2D eigenvalue weighted by atomic mass is 9.74. The van der Waals surface area contributed by atoms with Crippen LogP contribution < -0.4 is 0 Å². The summed E-state index contributed by atoms with van der Waals surface area (Å²) in [5.74, 6) is 1.40. The van der Waals surface area contributed by atoms with E-state index >= 15 is 0 Å². The zero-order valence-corrected chi connectivity index (χ0v) is 24.4. The van der Waals surface area contributed by atoms with Crippen molar-refractivity contribution in [3.05, 3.63) is 137 Å². The molecule has 0 saturated carbocycles. The van der Waals surface area contributed by atoms with Gasteiger partial charge in [-0.1, -0.05) is 103 Å². The van der Waals surface area contributed by atoms with Gasteiger partial charge in [-0.3, -0.25) is 4.99 Å². The Bertz CT molecular complexity index is 1560. The molecule has 0 aromatic heterocycles. The Labute approximate surface area is 249 Å². The second-order valence-electron chi connectivity index (χ2n) is 10.4. The first-order valence-electron chi connectivity index (χ1n) is 14.3. The Morgan fingerprint density at radius 3 is 2.39 bits per heavy atom. The Morgan fingerprint density at radius 2 is 1.71 bits per heavy atom. The molecule has 0 amide bonds. The van der Waals surface area contributed by atoms with Crippen molar-refractivity contribution in [3.63, 3.8) is 0 Å². The number of rotatable bonds is 7. The van der Waals surface area contributed by atoms with Crippen molar-refractivity contribution in [3.8, 4) is 11.1 Å². The summed E-state index contributed by atoms with van der Waals surface area (Å²) < 4.78 is 0. The molecule has 3 aliphatic carbocycles. The van der Waals surface area contributed by atoms with Gasteiger partial charge in [0.25, 0.3) is 0 Å². The largest absolute Gasteiger partial charge is 0.250 e. The van der Waals surface area contributed by atoms with Crippen LogP contribution in [0.5, 0.6) is 0 Å². The smallest absolute Gasteiger partial charge is 0.160 e. The maximum Gasteiger partial charge on any atom is 0.160 e. The zero-order valence-electron chi connectivity index (χ0n) is 23.7. The van der Waals surface area contributed by atoms with Gasteiger partial charge < -0.3 is 0 Å². The molecule has 0 heterocycles. The van der Waals surface area contributed by atoms with E-state index in [1.807, 2.05) is 18.2 Å². The summed E-state index contributed by atoms with van der Waals surface area (Å²) in [6.45, 7) is 10.3. The van der Waals surface area contributed by atoms with Gasteiger partial charge in [0.05, 0.1) is 0 Å². The predicted molar refractivity (Wildman–Crippen MR) is 178 cm³/mol. The minimum Gasteiger partial charge on any atom is -0.250 e. The van der Waals surface area contributed by atoms with Crippen LogP contribution in [0.15, 0.2) is 147 Å². The number of nitrogens with zero attached hydrogens (tertiary/aromatic N) is 3. The Balaban J connectivity index is 1.44. The molecule has 3 aliphatic rings. The highest BCUT2D eigenvalue weighted by Crippen LogP contribution is 2.43. The van der Waals surface area contributed by atoms with Crippen molar-refractivity contribution >= 4 is 35.6 Å². The third-order valence-electron chi connectivity index (χ3n) is 7.93. The fourth-order valence-corrected chi connectivity index (χ4v) is 5.96. The lowest BCUT2D eigenvalue weighted by Crippen LogP contribution is -2.17. The maximum atomic E-state index is 6.00. The van der Waals surface area contributed by atoms with Crippen LogP contribution >= 0.6 is 11.6 Å². The van der Waals surface area contributed by atoms with E-state index in [1.54, 1.807) is 0 Å². The highest BCUT2D eigenvalue weighted by Gasteiger charge is 2.28. The average Bonchev–Trinajstić information content (AvgIpc) is 3.03. The van der Waals surface area contributed by atoms with Gasteiger partial charge in [-0.05, 0) is 90.8 Å². The molecule has 206 valence electrons. The monoisotopic (exact) mass is 557 g/mol. The molecule has 0 fully saturated rings. The Kier molecular flexibility index (Phi) is 9.38. The fourth-order valence-electron chi connectivity index (χ4n) is 5.85. The maximum absolute atomic E-state index is 6.00. The van der Waals surface area contributed by atoms with Crippen molar-refractivity contribution in [2.45, 2.75) is 39.0 Å². The van der Waals surface area contributed by atoms with Crippen LogP contribution in [-0.2, 0) is 0 Å². The van der Waals surface area contributed by atoms with E-state index in [2.05, 4.69) is 109 Å². The third kappa shape index (κ3) is 6.47. The molecule has 3 nitrogen and oxygen atoms in total. The molecular weight excluding hydrogens is 522 g/mol. The molecule has 4 heteroatoms. The standard InChI is InChI=1S/C37H36ClN3/c1-4-27-24-32(36(39-3)41-37(40-25-38)31-15-9-6-10-16-31)22-23-34(27)35-26(2)12-11-17-33(35)30-20-18-29(19-21-30)28-13-7-5-8-14-28/h4-9,13-15,17-22,24,34H,1,3,10-12,16,23,25H2,2H3. The van der Waals surface area contributed by atoms with Crippen molar-refractivity contribution < 1.29 is 0 Å². The molecule has 0 aliphatic heterocycles. The quantitative estimate of drug-likeness (QED) is 0.141. The van der Waals surface area contributed by atoms with E-state index in [-0.39, 0.29) is 11.9 Å². The van der Waals surface area contributed by atoms with Crippen LogP contribution in [0.1, 0.15) is 44.6 Å². The molecule has 5 rings (SSSR count). The van der Waals surface area contributed by atoms with E-state index in [1.165, 1.54) is 33.4 Å². The van der Waals surface area contributed by atoms with Gasteiger partial charge in [-0.2, -0.15) is 0 Å². The Morgan fingerprint density at radius 1 is 0.951 bits per heavy atom. The number of benzene rings is 2. The van der Waals surface area contributed by atoms with Crippen LogP contribution in [-0.4, -0.2) is 24.4 Å². The molecule has 1 atom stereocenters. The van der Waals surface area contributed by atoms with Gasteiger partial charge in [0.15, 0.2) is 11.7 Å². The number of hydrogen-bond donors (Lipinski definition) is 0. The summed E-state index contributed by atoms with van der Waals surface area (Å²) in [6, 6.07) is 19.6. The minimum absolute atomic E-state index is 0.147. The van der Waals surface area contributed by atoms with Gasteiger partial charge in [0.2, 0.25) is 0 Å². The predicted octanol–water partition coefficient (Wildman–Crippen LogP) is 9.88. The topological polar surface area (TPSA) is 37.1 Å². The van der Waals surface area contributed by atoms with E-state index in [9.17, 15) is 0 Å². The summed E-state index contributed by atoms with van der Waals surface area (Å²) in [5.41, 5.74) is 11.0. The summed E-state index contributed by atoms with van der Waals surface area (Å²) in [7, 11) is 0. The van der Waals surface area contributed by atoms with Crippen molar-refractivity contribution in [2.75, 3.05) is 6.00 Å². The second-order valence-corrected chi connectivity index (χ2v) is 10.7. The van der Waals surface area contributed by atoms with Crippen LogP contribution in [0.25, 0.3) is 16.7 Å². The lowest BCUT2D eigenvalue weighted by Gasteiger charge is -2.31. The number of amidine groups is 2. The van der Waals surface area contributed by atoms with E-state index in [0.29, 0.717) is 11.7 Å². The average molecular weight is 558 g/mol. The molecule has 0 radical (unpaired) electrons. The fraction of sp³-hybridized carbons (Fsp3) is 0.216. The van der Waals surface area contributed by atoms with Crippen LogP contribution in [0.2, 0.25) is 0 Å². The van der Waals surface area contributed by atoms with Gasteiger partial charge >= 0.3 is 0 Å². The number of hydrogen-bond acceptors (Lipinski definition) is 1. The second kappa shape index (κ2) is 13.5. The molecule has 41 heavy (non-hydrogen) atoms. The van der Waals surface area contributed by atoms with Gasteiger partial charge in [0, 0.05) is 11.5 Å². The van der Waals surface area contributed by atoms with Gasteiger partial charge in [0.1, 0.15) is 6.00 Å². The summed E-state index contributed by atoms with van der Waals surface area (Å²) in [6.07, 6.45) is 19.8. The molecule has 1 unspecified atom stereocenters. The van der Waals surface area contributed by atoms with Crippen LogP contribution in [0.4, 0.5) is 0 Å². The third-order valence-corrected chi connectivity index (χ3v) is 8.05. The molecule has 0 saturated heterocycles. The van der Waals surface area contributed by atoms with Crippen LogP contribution in [0.3, 0.4) is 0 Å². The number of allylic oxidation sites excluding steroid dienone is 10. The van der Waals surface area contributed by atoms with Crippen molar-refractivity contribution in [2.24, 2.45) is 20.9 Å². The number of halogens is 1. The molecular formula is C37H36ClN3. The zero-order chi connectivity index (χ0) is 28.6. The summed E-state index contributed by atoms with van der Waals surface area (Å²) in [4.78, 5) is 13.6. The lowest BCUT2D eigenvalue weighted by molar-refractivity contribution is 0.728. The number of alkyl halides is 1. The first kappa shape index (κ1) is 28.4. The highest BCUT2D eigenvalue weighted by atomic mass is 35.5. The van der Waals surface area contributed by atoms with Gasteiger partial charge in [-0.25, -0.2) is 9.98 Å². The minimum atomic E-state index is 0.147. The van der Waals surface area contributed by atoms with Crippen molar-refractivity contribution in [1.82, 2.24) is 0 Å². The first-order valence-corrected chi connectivity index (χ1v) is 14.8. The number of aliphatic imine (C=N–C) groups is 3. The van der Waals surface area contributed by atoms with E-state index < -0.39 is 0 Å². The molecule has 0 spiro atoms. The van der Waals surface area contributed by atoms with E-state index in [0.717, 1.165) is 48.8 Å². The summed E-state index contributed by atoms with van der Waals surface area (Å²) >= 11 is 6.00. The normalized spacial score (nSPS) is 19.7. The molecule has 2 aromatic rings. The van der Waals surface area contributed by atoms with Crippen LogP contribution in [0, 0.1) is 5.92 Å². The van der Waals surface area contributed by atoms with E-state index in [4.69, 9.17) is 16.6 Å². The molecule has 0 bridgehead atoms. The van der Waals surface area contributed by atoms with Gasteiger partial charge in [-0.15, -0.1) is 11.6 Å². The Hall–Kier alpha value is -4.08. The summed E-state index contributed by atoms with van der Waals surface area (Å²) in [5, 5.41) is 0. The molecule has 0 N–H and O–H groups in total. The highest BCUT2D eigenvalue weighted by molar-refractivity contribution is 6.19. The van der Waals surface area contributed by atoms with Crippen molar-refractivity contribution in [1.29, 1.82) is 0 Å².